The smallest absolute Gasteiger partial charge is 0.268 e. The van der Waals surface area contributed by atoms with Crippen LogP contribution in [0.25, 0.3) is 0 Å². The summed E-state index contributed by atoms with van der Waals surface area (Å²) in [6.45, 7) is 4.67. The first-order chi connectivity index (χ1) is 33.0. The fourth-order valence-electron chi connectivity index (χ4n) is 8.72. The number of phosphoric ester groups is 1. The topological polar surface area (TPSA) is 108 Å². The Morgan fingerprint density at radius 1 is 0.515 bits per heavy atom. The summed E-state index contributed by atoms with van der Waals surface area (Å²) in [7, 11) is 1.27. The van der Waals surface area contributed by atoms with Crippen molar-refractivity contribution in [3.05, 3.63) is 36.5 Å². The summed E-state index contributed by atoms with van der Waals surface area (Å²) >= 11 is 0. The molecule has 9 heteroatoms. The fraction of sp³-hybridized carbons (Fsp3) is 0.881. The molecule has 68 heavy (non-hydrogen) atoms. The minimum Gasteiger partial charge on any atom is -0.756 e. The number of carbonyl (C=O) groups excluding carboxylic acids is 1. The van der Waals surface area contributed by atoms with Crippen molar-refractivity contribution in [1.29, 1.82) is 0 Å². The predicted octanol–water partition coefficient (Wildman–Crippen LogP) is 17.1. The van der Waals surface area contributed by atoms with Crippen molar-refractivity contribution in [1.82, 2.24) is 5.32 Å². The van der Waals surface area contributed by atoms with E-state index in [1.165, 1.54) is 218 Å². The molecule has 0 aliphatic heterocycles. The average molecular weight is 980 g/mol. The molecule has 3 atom stereocenters. The van der Waals surface area contributed by atoms with E-state index in [1.807, 2.05) is 27.2 Å². The molecule has 0 aromatic rings. The van der Waals surface area contributed by atoms with Crippen LogP contribution in [0.15, 0.2) is 36.5 Å². The van der Waals surface area contributed by atoms with Gasteiger partial charge in [0.1, 0.15) is 13.2 Å². The molecule has 0 saturated carbocycles. The van der Waals surface area contributed by atoms with Gasteiger partial charge in [-0.2, -0.15) is 0 Å². The molecule has 0 aliphatic carbocycles. The lowest BCUT2D eigenvalue weighted by molar-refractivity contribution is -0.870. The average Bonchev–Trinajstić information content (AvgIpc) is 3.30. The van der Waals surface area contributed by atoms with Crippen molar-refractivity contribution < 1.29 is 32.9 Å². The van der Waals surface area contributed by atoms with Crippen molar-refractivity contribution in [2.45, 2.75) is 296 Å². The molecule has 3 unspecified atom stereocenters. The van der Waals surface area contributed by atoms with E-state index in [1.54, 1.807) is 6.08 Å². The van der Waals surface area contributed by atoms with Gasteiger partial charge in [0.25, 0.3) is 7.82 Å². The van der Waals surface area contributed by atoms with Crippen LogP contribution in [0.2, 0.25) is 0 Å². The summed E-state index contributed by atoms with van der Waals surface area (Å²) in [5, 5.41) is 13.8. The van der Waals surface area contributed by atoms with Crippen molar-refractivity contribution in [2.24, 2.45) is 0 Å². The maximum atomic E-state index is 12.9. The normalized spacial score (nSPS) is 14.2. The number of carbonyl (C=O) groups is 1. The van der Waals surface area contributed by atoms with Gasteiger partial charge in [-0.1, -0.05) is 262 Å². The molecule has 0 aliphatic rings. The molecule has 0 radical (unpaired) electrons. The summed E-state index contributed by atoms with van der Waals surface area (Å²) in [5.74, 6) is -0.195. The SMILES string of the molecule is CCCCCCCCCCC/C=C\C/C=C\CCCCCCCCCCCCCCCCCCCC(=O)NC(COP(=O)([O-])OCC[N+](C)(C)C)C(O)/C=C/CCCCCCCCCCCCC. The zero-order chi connectivity index (χ0) is 49.9. The highest BCUT2D eigenvalue weighted by molar-refractivity contribution is 7.45. The van der Waals surface area contributed by atoms with Crippen LogP contribution in [-0.2, 0) is 18.4 Å². The zero-order valence-electron chi connectivity index (χ0n) is 45.8. The van der Waals surface area contributed by atoms with E-state index in [4.69, 9.17) is 9.05 Å². The van der Waals surface area contributed by atoms with E-state index in [0.717, 1.165) is 44.9 Å². The molecule has 0 rings (SSSR count). The Kier molecular flexibility index (Phi) is 49.7. The van der Waals surface area contributed by atoms with E-state index in [9.17, 15) is 19.4 Å². The van der Waals surface area contributed by atoms with Crippen molar-refractivity contribution in [3.8, 4) is 0 Å². The van der Waals surface area contributed by atoms with E-state index in [-0.39, 0.29) is 19.1 Å². The number of nitrogens with one attached hydrogen (secondary N) is 1. The lowest BCUT2D eigenvalue weighted by Gasteiger charge is -2.29. The van der Waals surface area contributed by atoms with Crippen molar-refractivity contribution in [2.75, 3.05) is 40.9 Å². The number of aliphatic hydroxyl groups excluding tert-OH is 1. The highest BCUT2D eigenvalue weighted by atomic mass is 31.2. The Bertz CT molecular complexity index is 1200. The number of unbranched alkanes of at least 4 members (excludes halogenated alkanes) is 37. The first-order valence-corrected chi connectivity index (χ1v) is 30.8. The highest BCUT2D eigenvalue weighted by Gasteiger charge is 2.23. The fourth-order valence-corrected chi connectivity index (χ4v) is 9.44. The highest BCUT2D eigenvalue weighted by Crippen LogP contribution is 2.38. The molecular weight excluding hydrogens is 864 g/mol. The number of likely N-dealkylation sites (N-methyl/N-ethyl adjacent to an activating group) is 1. The third kappa shape index (κ3) is 52.5. The van der Waals surface area contributed by atoms with Gasteiger partial charge in [0.05, 0.1) is 39.9 Å². The van der Waals surface area contributed by atoms with Gasteiger partial charge in [-0.25, -0.2) is 0 Å². The van der Waals surface area contributed by atoms with Gasteiger partial charge in [-0.15, -0.1) is 0 Å². The summed E-state index contributed by atoms with van der Waals surface area (Å²) in [5.41, 5.74) is 0. The molecule has 8 nitrogen and oxygen atoms in total. The van der Waals surface area contributed by atoms with Crippen LogP contribution in [0.3, 0.4) is 0 Å². The number of nitrogens with zero attached hydrogens (tertiary/aromatic N) is 1. The van der Waals surface area contributed by atoms with Crippen LogP contribution in [0.4, 0.5) is 0 Å². The number of rotatable bonds is 54. The van der Waals surface area contributed by atoms with Crippen LogP contribution >= 0.6 is 7.82 Å². The maximum absolute atomic E-state index is 12.9. The second-order valence-electron chi connectivity index (χ2n) is 21.4. The van der Waals surface area contributed by atoms with Crippen molar-refractivity contribution in [3.63, 3.8) is 0 Å². The molecule has 0 saturated heterocycles. The summed E-state index contributed by atoms with van der Waals surface area (Å²) in [4.78, 5) is 25.4. The predicted molar refractivity (Wildman–Crippen MR) is 293 cm³/mol. The lowest BCUT2D eigenvalue weighted by Crippen LogP contribution is -2.45. The Morgan fingerprint density at radius 3 is 1.22 bits per heavy atom. The van der Waals surface area contributed by atoms with E-state index >= 15 is 0 Å². The molecule has 402 valence electrons. The molecule has 0 heterocycles. The molecular formula is C59H115N2O6P. The van der Waals surface area contributed by atoms with Gasteiger partial charge < -0.3 is 28.8 Å². The quantitative estimate of drug-likeness (QED) is 0.0272. The summed E-state index contributed by atoms with van der Waals surface area (Å²) in [6.07, 6.45) is 65.2. The van der Waals surface area contributed by atoms with Gasteiger partial charge in [0.15, 0.2) is 0 Å². The van der Waals surface area contributed by atoms with Gasteiger partial charge in [0, 0.05) is 6.42 Å². The number of quaternary nitrogens is 1. The minimum atomic E-state index is -4.59. The van der Waals surface area contributed by atoms with Crippen molar-refractivity contribution >= 4 is 13.7 Å². The standard InChI is InChI=1S/C59H115N2O6P/c1-6-8-10-12-14-16-18-20-21-22-23-24-25-26-27-28-29-30-31-32-33-34-35-36-37-38-39-41-43-45-47-49-51-53-59(63)60-57(56-67-68(64,65)66-55-54-61(3,4)5)58(62)52-50-48-46-44-42-40-19-17-15-13-11-9-7-2/h23-24,26-27,50,52,57-58,62H,6-22,25,28-49,51,53-56H2,1-5H3,(H-,60,63,64,65)/b24-23-,27-26-,52-50+. The molecule has 2 N–H and O–H groups in total. The Labute approximate surface area is 423 Å². The third-order valence-corrected chi connectivity index (χ3v) is 14.3. The van der Waals surface area contributed by atoms with E-state index < -0.39 is 20.0 Å². The number of amides is 1. The number of allylic oxidation sites excluding steroid dienone is 5. The van der Waals surface area contributed by atoms with Gasteiger partial charge in [0.2, 0.25) is 5.91 Å². The Hall–Kier alpha value is -1.28. The largest absolute Gasteiger partial charge is 0.756 e. The number of aliphatic hydroxyl groups is 1. The second-order valence-corrected chi connectivity index (χ2v) is 22.8. The molecule has 0 bridgehead atoms. The van der Waals surface area contributed by atoms with E-state index in [2.05, 4.69) is 43.5 Å². The molecule has 1 amide bonds. The maximum Gasteiger partial charge on any atom is 0.268 e. The summed E-state index contributed by atoms with van der Waals surface area (Å²) < 4.78 is 23.3. The molecule has 0 spiro atoms. The Morgan fingerprint density at radius 2 is 0.853 bits per heavy atom. The molecule has 0 aromatic heterocycles. The molecule has 0 aromatic carbocycles. The van der Waals surface area contributed by atoms with Crippen LogP contribution in [-0.4, -0.2) is 68.5 Å². The first kappa shape index (κ1) is 66.7. The van der Waals surface area contributed by atoms with Crippen LogP contribution in [0.1, 0.15) is 284 Å². The first-order valence-electron chi connectivity index (χ1n) is 29.4. The number of hydrogen-bond acceptors (Lipinski definition) is 6. The number of hydrogen-bond donors (Lipinski definition) is 2. The number of phosphoric acid groups is 1. The third-order valence-electron chi connectivity index (χ3n) is 13.3. The molecule has 0 fully saturated rings. The second kappa shape index (κ2) is 50.7. The van der Waals surface area contributed by atoms with E-state index in [0.29, 0.717) is 17.4 Å². The Balaban J connectivity index is 4.00. The van der Waals surface area contributed by atoms with Crippen LogP contribution in [0.5, 0.6) is 0 Å². The van der Waals surface area contributed by atoms with Crippen LogP contribution < -0.4 is 10.2 Å². The lowest BCUT2D eigenvalue weighted by atomic mass is 10.0. The summed E-state index contributed by atoms with van der Waals surface area (Å²) in [6, 6.07) is -0.884. The monoisotopic (exact) mass is 979 g/mol. The zero-order valence-corrected chi connectivity index (χ0v) is 46.7. The van der Waals surface area contributed by atoms with Crippen LogP contribution in [0, 0.1) is 0 Å². The van der Waals surface area contributed by atoms with Gasteiger partial charge in [-0.3, -0.25) is 9.36 Å². The van der Waals surface area contributed by atoms with Gasteiger partial charge >= 0.3 is 0 Å². The van der Waals surface area contributed by atoms with Gasteiger partial charge in [-0.05, 0) is 51.4 Å². The minimum absolute atomic E-state index is 0.000186.